The summed E-state index contributed by atoms with van der Waals surface area (Å²) < 4.78 is 5.53. The normalized spacial score (nSPS) is 11.5. The molecule has 0 atom stereocenters. The molecule has 0 aliphatic heterocycles. The third-order valence-electron chi connectivity index (χ3n) is 3.31. The molecule has 3 aromatic rings. The molecular weight excluding hydrogens is 392 g/mol. The molecule has 1 aromatic heterocycles. The highest BCUT2D eigenvalue weighted by Crippen LogP contribution is 2.30. The third kappa shape index (κ3) is 4.69. The van der Waals surface area contributed by atoms with Crippen LogP contribution < -0.4 is 5.11 Å². The van der Waals surface area contributed by atoms with E-state index in [1.807, 2.05) is 30.5 Å². The summed E-state index contributed by atoms with van der Waals surface area (Å²) in [7, 11) is 0. The Labute approximate surface area is 163 Å². The molecule has 0 amide bonds. The van der Waals surface area contributed by atoms with Crippen LogP contribution in [0.15, 0.2) is 68.0 Å². The van der Waals surface area contributed by atoms with Crippen molar-refractivity contribution in [2.24, 2.45) is 0 Å². The van der Waals surface area contributed by atoms with Crippen LogP contribution in [0, 0.1) is 0 Å². The molecule has 2 aromatic carbocycles. The summed E-state index contributed by atoms with van der Waals surface area (Å²) >= 11 is 8.31. The number of hydrogen-bond donors (Lipinski definition) is 0. The fourth-order valence-electron chi connectivity index (χ4n) is 2.04. The molecule has 26 heavy (non-hydrogen) atoms. The molecule has 0 aliphatic carbocycles. The van der Waals surface area contributed by atoms with E-state index in [1.54, 1.807) is 36.0 Å². The van der Waals surface area contributed by atoms with Crippen LogP contribution in [0.5, 0.6) is 0 Å². The second-order valence-electron chi connectivity index (χ2n) is 5.05. The maximum Gasteiger partial charge on any atom is 0.281 e. The number of halogens is 1. The van der Waals surface area contributed by atoms with Crippen molar-refractivity contribution in [3.05, 3.63) is 64.0 Å². The highest BCUT2D eigenvalue weighted by molar-refractivity contribution is 8.03. The monoisotopic (exact) mass is 403 g/mol. The summed E-state index contributed by atoms with van der Waals surface area (Å²) in [6.07, 6.45) is 3.48. The van der Waals surface area contributed by atoms with Gasteiger partial charge in [0.25, 0.3) is 5.22 Å². The van der Waals surface area contributed by atoms with Gasteiger partial charge in [-0.05, 0) is 66.1 Å². The Hall–Kier alpha value is -2.22. The van der Waals surface area contributed by atoms with Gasteiger partial charge < -0.3 is 14.3 Å². The molecular formula is C18H12ClN2O3S2-. The molecule has 1 heterocycles. The van der Waals surface area contributed by atoms with Crippen LogP contribution in [0.3, 0.4) is 0 Å². The summed E-state index contributed by atoms with van der Waals surface area (Å²) in [4.78, 5) is 12.5. The lowest BCUT2D eigenvalue weighted by Crippen LogP contribution is -2.23. The van der Waals surface area contributed by atoms with Gasteiger partial charge in [-0.2, -0.15) is 0 Å². The molecule has 0 aliphatic rings. The summed E-state index contributed by atoms with van der Waals surface area (Å²) in [5, 5.41) is 20.0. The second kappa shape index (κ2) is 8.44. The van der Waals surface area contributed by atoms with E-state index < -0.39 is 5.97 Å². The average Bonchev–Trinajstić information content (AvgIpc) is 3.11. The second-order valence-corrected chi connectivity index (χ2v) is 7.36. The number of benzene rings is 2. The Morgan fingerprint density at radius 2 is 1.81 bits per heavy atom. The molecule has 0 radical (unpaired) electrons. The molecule has 0 spiro atoms. The van der Waals surface area contributed by atoms with E-state index in [1.165, 1.54) is 6.08 Å². The molecule has 5 nitrogen and oxygen atoms in total. The van der Waals surface area contributed by atoms with Gasteiger partial charge in [-0.15, -0.1) is 22.0 Å². The van der Waals surface area contributed by atoms with Gasteiger partial charge in [0.1, 0.15) is 0 Å². The van der Waals surface area contributed by atoms with Gasteiger partial charge in [0, 0.05) is 20.4 Å². The number of carbonyl (C=O) groups excluding carboxylic acids is 1. The van der Waals surface area contributed by atoms with Gasteiger partial charge >= 0.3 is 0 Å². The van der Waals surface area contributed by atoms with E-state index in [4.69, 9.17) is 16.0 Å². The predicted octanol–water partition coefficient (Wildman–Crippen LogP) is 4.00. The Morgan fingerprint density at radius 1 is 1.12 bits per heavy atom. The van der Waals surface area contributed by atoms with Crippen molar-refractivity contribution < 1.29 is 14.3 Å². The summed E-state index contributed by atoms with van der Waals surface area (Å²) in [6.45, 7) is 0. The van der Waals surface area contributed by atoms with Crippen LogP contribution in [0.4, 0.5) is 0 Å². The van der Waals surface area contributed by atoms with Gasteiger partial charge in [0.05, 0.1) is 5.97 Å². The topological polar surface area (TPSA) is 79.0 Å². The van der Waals surface area contributed by atoms with E-state index in [9.17, 15) is 9.90 Å². The van der Waals surface area contributed by atoms with Crippen molar-refractivity contribution in [1.82, 2.24) is 10.2 Å². The highest BCUT2D eigenvalue weighted by Gasteiger charge is 2.12. The first-order valence-electron chi connectivity index (χ1n) is 7.39. The first-order valence-corrected chi connectivity index (χ1v) is 9.81. The first-order chi connectivity index (χ1) is 12.5. The number of nitrogens with zero attached hydrogens (tertiary/aromatic N) is 2. The van der Waals surface area contributed by atoms with Gasteiger partial charge in [-0.3, -0.25) is 0 Å². The minimum absolute atomic E-state index is 0.0202. The van der Waals surface area contributed by atoms with Crippen molar-refractivity contribution in [3.8, 4) is 11.5 Å². The van der Waals surface area contributed by atoms with Crippen LogP contribution >= 0.6 is 35.1 Å². The van der Waals surface area contributed by atoms with E-state index in [2.05, 4.69) is 10.2 Å². The predicted molar refractivity (Wildman–Crippen MR) is 102 cm³/mol. The largest absolute Gasteiger partial charge is 0.544 e. The van der Waals surface area contributed by atoms with Crippen LogP contribution in [0.1, 0.15) is 5.56 Å². The lowest BCUT2D eigenvalue weighted by atomic mass is 10.2. The number of carboxylic acid groups (broad SMARTS) is 1. The first kappa shape index (κ1) is 18.6. The standard InChI is InChI=1S/C18H13ClN2O3S2/c1-25-14-8-2-11(3-9-14)10-15(17(22)23)26-18-21-20-16(24-18)12-4-6-13(19)7-5-12/h2-10H,1H3,(H,22,23)/p-1/b15-10-. The fourth-order valence-corrected chi connectivity index (χ4v) is 3.24. The fraction of sp³-hybridized carbons (Fsp3) is 0.0556. The van der Waals surface area contributed by atoms with E-state index >= 15 is 0 Å². The zero-order valence-electron chi connectivity index (χ0n) is 13.5. The molecule has 0 unspecified atom stereocenters. The minimum Gasteiger partial charge on any atom is -0.544 e. The van der Waals surface area contributed by atoms with Crippen molar-refractivity contribution in [2.75, 3.05) is 6.26 Å². The average molecular weight is 404 g/mol. The van der Waals surface area contributed by atoms with Gasteiger partial charge in [0.2, 0.25) is 5.89 Å². The lowest BCUT2D eigenvalue weighted by molar-refractivity contribution is -0.298. The number of thioether (sulfide) groups is 2. The molecule has 0 saturated carbocycles. The Kier molecular flexibility index (Phi) is 6.03. The molecule has 0 N–H and O–H groups in total. The molecule has 132 valence electrons. The number of rotatable bonds is 6. The maximum absolute atomic E-state index is 11.4. The lowest BCUT2D eigenvalue weighted by Gasteiger charge is -2.05. The van der Waals surface area contributed by atoms with E-state index in [0.29, 0.717) is 10.6 Å². The summed E-state index contributed by atoms with van der Waals surface area (Å²) in [5.41, 5.74) is 1.44. The Morgan fingerprint density at radius 3 is 2.42 bits per heavy atom. The maximum atomic E-state index is 11.4. The zero-order valence-corrected chi connectivity index (χ0v) is 15.9. The van der Waals surface area contributed by atoms with Gasteiger partial charge in [0.15, 0.2) is 0 Å². The van der Waals surface area contributed by atoms with Gasteiger partial charge in [-0.1, -0.05) is 23.7 Å². The van der Waals surface area contributed by atoms with Crippen LogP contribution in [0.25, 0.3) is 17.5 Å². The summed E-state index contributed by atoms with van der Waals surface area (Å²) in [5.74, 6) is -1.03. The number of carboxylic acids is 1. The molecule has 0 saturated heterocycles. The third-order valence-corrected chi connectivity index (χ3v) is 5.15. The summed E-state index contributed by atoms with van der Waals surface area (Å²) in [6, 6.07) is 14.4. The van der Waals surface area contributed by atoms with Crippen molar-refractivity contribution in [1.29, 1.82) is 0 Å². The highest BCUT2D eigenvalue weighted by atomic mass is 35.5. The van der Waals surface area contributed by atoms with Crippen LogP contribution in [-0.4, -0.2) is 22.4 Å². The Bertz CT molecular complexity index is 938. The van der Waals surface area contributed by atoms with Gasteiger partial charge in [-0.25, -0.2) is 0 Å². The quantitative estimate of drug-likeness (QED) is 0.454. The molecule has 0 bridgehead atoms. The Balaban J connectivity index is 1.81. The smallest absolute Gasteiger partial charge is 0.281 e. The van der Waals surface area contributed by atoms with Crippen molar-refractivity contribution >= 4 is 47.2 Å². The molecule has 3 rings (SSSR count). The molecule has 8 heteroatoms. The SMILES string of the molecule is CSc1ccc(/C=C(\Sc2nnc(-c3ccc(Cl)cc3)o2)C(=O)[O-])cc1. The van der Waals surface area contributed by atoms with Crippen molar-refractivity contribution in [3.63, 3.8) is 0 Å². The van der Waals surface area contributed by atoms with E-state index in [-0.39, 0.29) is 16.0 Å². The number of aliphatic carboxylic acids is 1. The number of aromatic nitrogens is 2. The van der Waals surface area contributed by atoms with Crippen LogP contribution in [-0.2, 0) is 4.79 Å². The zero-order chi connectivity index (χ0) is 18.5. The van der Waals surface area contributed by atoms with Crippen molar-refractivity contribution in [2.45, 2.75) is 10.1 Å². The number of carbonyl (C=O) groups is 1. The van der Waals surface area contributed by atoms with E-state index in [0.717, 1.165) is 22.2 Å². The minimum atomic E-state index is -1.31. The number of hydrogen-bond acceptors (Lipinski definition) is 7. The van der Waals surface area contributed by atoms with Crippen LogP contribution in [0.2, 0.25) is 5.02 Å². The molecule has 0 fully saturated rings.